The van der Waals surface area contributed by atoms with Gasteiger partial charge in [-0.25, -0.2) is 0 Å². The Balaban J connectivity index is 1.89. The molecule has 0 amide bonds. The largest absolute Gasteiger partial charge is 0.388 e. The van der Waals surface area contributed by atoms with Crippen LogP contribution in [0.5, 0.6) is 0 Å². The van der Waals surface area contributed by atoms with Crippen molar-refractivity contribution >= 4 is 11.3 Å². The van der Waals surface area contributed by atoms with E-state index in [9.17, 15) is 9.90 Å². The zero-order valence-electron chi connectivity index (χ0n) is 13.6. The van der Waals surface area contributed by atoms with Crippen LogP contribution >= 0.6 is 11.3 Å². The first-order valence-corrected chi connectivity index (χ1v) is 8.86. The summed E-state index contributed by atoms with van der Waals surface area (Å²) in [5.74, 6) is 0. The third kappa shape index (κ3) is 2.50. The molecule has 0 radical (unpaired) electrons. The van der Waals surface area contributed by atoms with E-state index in [0.717, 1.165) is 45.8 Å². The summed E-state index contributed by atoms with van der Waals surface area (Å²) < 4.78 is 1.47. The summed E-state index contributed by atoms with van der Waals surface area (Å²) in [6, 6.07) is 11.5. The maximum absolute atomic E-state index is 12.5. The number of rotatable bonds is 2. The quantitative estimate of drug-likeness (QED) is 0.779. The third-order valence-corrected chi connectivity index (χ3v) is 5.77. The first kappa shape index (κ1) is 15.3. The van der Waals surface area contributed by atoms with Crippen LogP contribution in [0.25, 0.3) is 16.9 Å². The minimum absolute atomic E-state index is 0.105. The van der Waals surface area contributed by atoms with Crippen LogP contribution in [0.3, 0.4) is 0 Å². The lowest BCUT2D eigenvalue weighted by atomic mass is 9.95. The molecule has 0 saturated heterocycles. The van der Waals surface area contributed by atoms with E-state index in [0.29, 0.717) is 0 Å². The zero-order valence-corrected chi connectivity index (χ0v) is 14.4. The number of nitrogens with zero attached hydrogens (tertiary/aromatic N) is 2. The van der Waals surface area contributed by atoms with Crippen LogP contribution in [-0.4, -0.2) is 14.9 Å². The predicted octanol–water partition coefficient (Wildman–Crippen LogP) is 3.42. The Hall–Kier alpha value is -2.24. The SMILES string of the molecule is Cc1ccc(-n2nc3c(cc2=O)CCc2sc(C(C)O)cc2-3)cc1. The molecule has 0 aliphatic heterocycles. The molecule has 24 heavy (non-hydrogen) atoms. The summed E-state index contributed by atoms with van der Waals surface area (Å²) >= 11 is 1.64. The van der Waals surface area contributed by atoms with E-state index in [1.807, 2.05) is 37.3 Å². The van der Waals surface area contributed by atoms with Gasteiger partial charge in [-0.05, 0) is 50.5 Å². The first-order valence-electron chi connectivity index (χ1n) is 8.04. The maximum Gasteiger partial charge on any atom is 0.271 e. The average Bonchev–Trinajstić information content (AvgIpc) is 3.00. The van der Waals surface area contributed by atoms with Crippen LogP contribution in [-0.2, 0) is 12.8 Å². The van der Waals surface area contributed by atoms with Crippen molar-refractivity contribution in [2.24, 2.45) is 0 Å². The molecule has 1 N–H and O–H groups in total. The van der Waals surface area contributed by atoms with Crippen molar-refractivity contribution in [1.82, 2.24) is 9.78 Å². The smallest absolute Gasteiger partial charge is 0.271 e. The number of hydrogen-bond donors (Lipinski definition) is 1. The molecular formula is C19H18N2O2S. The summed E-state index contributed by atoms with van der Waals surface area (Å²) in [6.07, 6.45) is 1.24. The van der Waals surface area contributed by atoms with Crippen molar-refractivity contribution in [2.75, 3.05) is 0 Å². The van der Waals surface area contributed by atoms with Crippen LogP contribution in [0.4, 0.5) is 0 Å². The molecule has 4 rings (SSSR count). The maximum atomic E-state index is 12.5. The molecule has 1 aliphatic carbocycles. The number of hydrogen-bond acceptors (Lipinski definition) is 4. The second kappa shape index (κ2) is 5.69. The minimum Gasteiger partial charge on any atom is -0.388 e. The summed E-state index contributed by atoms with van der Waals surface area (Å²) in [7, 11) is 0. The van der Waals surface area contributed by atoms with E-state index < -0.39 is 6.10 Å². The molecule has 3 aromatic rings. The van der Waals surface area contributed by atoms with E-state index in [1.165, 1.54) is 9.56 Å². The van der Waals surface area contributed by atoms with E-state index in [4.69, 9.17) is 0 Å². The Morgan fingerprint density at radius 3 is 2.67 bits per heavy atom. The number of fused-ring (bicyclic) bond motifs is 3. The van der Waals surface area contributed by atoms with Crippen molar-refractivity contribution in [2.45, 2.75) is 32.8 Å². The van der Waals surface area contributed by atoms with Crippen LogP contribution in [0, 0.1) is 6.92 Å². The second-order valence-corrected chi connectivity index (χ2v) is 7.43. The summed E-state index contributed by atoms with van der Waals surface area (Å²) in [5.41, 5.74) is 4.72. The molecule has 0 spiro atoms. The van der Waals surface area contributed by atoms with Crippen molar-refractivity contribution in [1.29, 1.82) is 0 Å². The minimum atomic E-state index is -0.480. The van der Waals surface area contributed by atoms with Crippen LogP contribution in [0.1, 0.15) is 33.9 Å². The summed E-state index contributed by atoms with van der Waals surface area (Å²) in [4.78, 5) is 14.6. The van der Waals surface area contributed by atoms with Gasteiger partial charge in [-0.3, -0.25) is 4.79 Å². The predicted molar refractivity (Wildman–Crippen MR) is 95.9 cm³/mol. The summed E-state index contributed by atoms with van der Waals surface area (Å²) in [5, 5.41) is 14.5. The van der Waals surface area contributed by atoms with Gasteiger partial charge < -0.3 is 5.11 Å². The van der Waals surface area contributed by atoms with Gasteiger partial charge >= 0.3 is 0 Å². The van der Waals surface area contributed by atoms with E-state index in [-0.39, 0.29) is 5.56 Å². The molecule has 2 heterocycles. The number of aromatic nitrogens is 2. The van der Waals surface area contributed by atoms with Crippen LogP contribution < -0.4 is 5.56 Å². The molecular weight excluding hydrogens is 320 g/mol. The second-order valence-electron chi connectivity index (χ2n) is 6.27. The lowest BCUT2D eigenvalue weighted by Gasteiger charge is -2.16. The number of thiophene rings is 1. The standard InChI is InChI=1S/C19H18N2O2S/c1-11-3-6-14(7-4-11)21-18(23)9-13-5-8-16-15(19(13)20-21)10-17(24-16)12(2)22/h3-4,6-7,9-10,12,22H,5,8H2,1-2H3. The Bertz CT molecular complexity index is 968. The molecule has 0 fully saturated rings. The van der Waals surface area contributed by atoms with Crippen molar-refractivity contribution in [3.05, 3.63) is 67.6 Å². The molecule has 0 bridgehead atoms. The Morgan fingerprint density at radius 2 is 1.96 bits per heavy atom. The molecule has 2 aromatic heterocycles. The monoisotopic (exact) mass is 338 g/mol. The van der Waals surface area contributed by atoms with Gasteiger partial charge in [0.1, 0.15) is 0 Å². The van der Waals surface area contributed by atoms with Gasteiger partial charge in [-0.15, -0.1) is 11.3 Å². The highest BCUT2D eigenvalue weighted by Gasteiger charge is 2.23. The zero-order chi connectivity index (χ0) is 16.8. The lowest BCUT2D eigenvalue weighted by Crippen LogP contribution is -2.23. The Labute approximate surface area is 144 Å². The molecule has 5 heteroatoms. The molecule has 1 aromatic carbocycles. The molecule has 1 aliphatic rings. The molecule has 1 unspecified atom stereocenters. The van der Waals surface area contributed by atoms with E-state index in [2.05, 4.69) is 5.10 Å². The number of aliphatic hydroxyl groups excluding tert-OH is 1. The highest BCUT2D eigenvalue weighted by molar-refractivity contribution is 7.12. The Kier molecular flexibility index (Phi) is 3.62. The van der Waals surface area contributed by atoms with Gasteiger partial charge in [0, 0.05) is 21.4 Å². The van der Waals surface area contributed by atoms with Gasteiger partial charge in [0.2, 0.25) is 0 Å². The van der Waals surface area contributed by atoms with Crippen molar-refractivity contribution in [3.63, 3.8) is 0 Å². The highest BCUT2D eigenvalue weighted by Crippen LogP contribution is 2.39. The van der Waals surface area contributed by atoms with Crippen LogP contribution in [0.15, 0.2) is 41.2 Å². The van der Waals surface area contributed by atoms with Crippen LogP contribution in [0.2, 0.25) is 0 Å². The van der Waals surface area contributed by atoms with Crippen molar-refractivity contribution in [3.8, 4) is 16.9 Å². The Morgan fingerprint density at radius 1 is 1.21 bits per heavy atom. The molecule has 0 saturated carbocycles. The summed E-state index contributed by atoms with van der Waals surface area (Å²) in [6.45, 7) is 3.79. The van der Waals surface area contributed by atoms with E-state index in [1.54, 1.807) is 24.3 Å². The van der Waals surface area contributed by atoms with Gasteiger partial charge in [-0.2, -0.15) is 9.78 Å². The normalized spacial score (nSPS) is 14.1. The topological polar surface area (TPSA) is 55.1 Å². The van der Waals surface area contributed by atoms with Gasteiger partial charge in [0.05, 0.1) is 17.5 Å². The highest BCUT2D eigenvalue weighted by atomic mass is 32.1. The average molecular weight is 338 g/mol. The van der Waals surface area contributed by atoms with Gasteiger partial charge in [0.15, 0.2) is 0 Å². The number of aliphatic hydroxyl groups is 1. The third-order valence-electron chi connectivity index (χ3n) is 4.41. The number of benzene rings is 1. The fourth-order valence-electron chi connectivity index (χ4n) is 3.07. The fourth-order valence-corrected chi connectivity index (χ4v) is 4.17. The molecule has 1 atom stereocenters. The first-order chi connectivity index (χ1) is 11.5. The molecule has 4 nitrogen and oxygen atoms in total. The van der Waals surface area contributed by atoms with E-state index >= 15 is 0 Å². The number of aryl methyl sites for hydroxylation is 3. The van der Waals surface area contributed by atoms with Crippen molar-refractivity contribution < 1.29 is 5.11 Å². The lowest BCUT2D eigenvalue weighted by molar-refractivity contribution is 0.203. The van der Waals surface area contributed by atoms with Gasteiger partial charge in [-0.1, -0.05) is 17.7 Å². The van der Waals surface area contributed by atoms with Gasteiger partial charge in [0.25, 0.3) is 5.56 Å². The molecule has 122 valence electrons. The fraction of sp³-hybridized carbons (Fsp3) is 0.263.